The van der Waals surface area contributed by atoms with Crippen molar-refractivity contribution in [3.05, 3.63) is 70.8 Å². The number of likely N-dealkylation sites (tertiary alicyclic amines) is 1. The normalized spacial score (nSPS) is 19.5. The zero-order chi connectivity index (χ0) is 17.4. The number of hydrogen-bond donors (Lipinski definition) is 0. The van der Waals surface area contributed by atoms with Crippen LogP contribution in [-0.2, 0) is 0 Å². The van der Waals surface area contributed by atoms with Crippen molar-refractivity contribution >= 4 is 11.4 Å². The minimum atomic E-state index is 0.161. The van der Waals surface area contributed by atoms with Crippen LogP contribution in [0.1, 0.15) is 40.7 Å². The van der Waals surface area contributed by atoms with Gasteiger partial charge >= 0.3 is 0 Å². The van der Waals surface area contributed by atoms with E-state index in [1.54, 1.807) is 12.7 Å². The van der Waals surface area contributed by atoms with E-state index in [4.69, 9.17) is 4.74 Å². The summed E-state index contributed by atoms with van der Waals surface area (Å²) in [6, 6.07) is 16.1. The summed E-state index contributed by atoms with van der Waals surface area (Å²) in [6.45, 7) is 4.59. The molecule has 1 unspecified atom stereocenters. The Bertz CT molecular complexity index is 853. The van der Waals surface area contributed by atoms with Crippen molar-refractivity contribution in [3.8, 4) is 5.75 Å². The van der Waals surface area contributed by atoms with E-state index in [0.29, 0.717) is 12.5 Å². The highest BCUT2D eigenvalue weighted by Gasteiger charge is 2.34. The van der Waals surface area contributed by atoms with E-state index in [1.165, 1.54) is 16.7 Å². The van der Waals surface area contributed by atoms with E-state index >= 15 is 0 Å². The minimum Gasteiger partial charge on any atom is -0.497 e. The Morgan fingerprint density at radius 2 is 2.04 bits per heavy atom. The standard InChI is InChI=1S/C22H23NO2/c1-15-18-8-3-4-9-20(18)21-13-23(11-10-19(15)21)14-22(24)16-6-5-7-17(12-16)25-2/h3-9,12,21H,10-11,13-14H2,1-2H3. The van der Waals surface area contributed by atoms with Gasteiger partial charge in [0.15, 0.2) is 5.78 Å². The van der Waals surface area contributed by atoms with Crippen LogP contribution in [0.5, 0.6) is 5.75 Å². The van der Waals surface area contributed by atoms with Crippen LogP contribution in [0.4, 0.5) is 0 Å². The summed E-state index contributed by atoms with van der Waals surface area (Å²) in [5, 5.41) is 0. The lowest BCUT2D eigenvalue weighted by Crippen LogP contribution is -2.38. The fourth-order valence-corrected chi connectivity index (χ4v) is 4.20. The molecule has 1 saturated heterocycles. The van der Waals surface area contributed by atoms with Crippen molar-refractivity contribution in [1.82, 2.24) is 4.90 Å². The van der Waals surface area contributed by atoms with Gasteiger partial charge in [-0.3, -0.25) is 9.69 Å². The number of fused-ring (bicyclic) bond motifs is 3. The summed E-state index contributed by atoms with van der Waals surface area (Å²) in [5.41, 5.74) is 6.55. The predicted molar refractivity (Wildman–Crippen MR) is 100 cm³/mol. The number of benzene rings is 2. The molecule has 1 fully saturated rings. The van der Waals surface area contributed by atoms with Crippen molar-refractivity contribution in [1.29, 1.82) is 0 Å². The third-order valence-electron chi connectivity index (χ3n) is 5.54. The molecule has 1 atom stereocenters. The third-order valence-corrected chi connectivity index (χ3v) is 5.54. The van der Waals surface area contributed by atoms with E-state index in [1.807, 2.05) is 24.3 Å². The number of Topliss-reactive ketones (excluding diaryl/α,β-unsaturated/α-hetero) is 1. The van der Waals surface area contributed by atoms with Gasteiger partial charge in [-0.15, -0.1) is 0 Å². The number of carbonyl (C=O) groups excluding carboxylic acids is 1. The number of hydrogen-bond acceptors (Lipinski definition) is 3. The first-order chi connectivity index (χ1) is 12.2. The Kier molecular flexibility index (Phi) is 4.18. The first-order valence-electron chi connectivity index (χ1n) is 8.86. The Balaban J connectivity index is 1.50. The van der Waals surface area contributed by atoms with Gasteiger partial charge in [0.1, 0.15) is 5.75 Å². The molecule has 3 heteroatoms. The topological polar surface area (TPSA) is 29.5 Å². The fourth-order valence-electron chi connectivity index (χ4n) is 4.20. The van der Waals surface area contributed by atoms with Crippen molar-refractivity contribution in [2.45, 2.75) is 19.3 Å². The van der Waals surface area contributed by atoms with E-state index in [-0.39, 0.29) is 5.78 Å². The number of nitrogens with zero attached hydrogens (tertiary/aromatic N) is 1. The number of piperidine rings is 1. The summed E-state index contributed by atoms with van der Waals surface area (Å²) in [4.78, 5) is 15.0. The van der Waals surface area contributed by atoms with Crippen LogP contribution >= 0.6 is 0 Å². The van der Waals surface area contributed by atoms with Gasteiger partial charge < -0.3 is 4.74 Å². The second kappa shape index (κ2) is 6.49. The van der Waals surface area contributed by atoms with Crippen LogP contribution < -0.4 is 4.74 Å². The molecule has 0 saturated carbocycles. The molecule has 0 aromatic heterocycles. The van der Waals surface area contributed by atoms with Crippen LogP contribution in [-0.4, -0.2) is 37.4 Å². The maximum Gasteiger partial charge on any atom is 0.176 e. The lowest BCUT2D eigenvalue weighted by molar-refractivity contribution is 0.0920. The summed E-state index contributed by atoms with van der Waals surface area (Å²) in [7, 11) is 1.63. The summed E-state index contributed by atoms with van der Waals surface area (Å²) in [6.07, 6.45) is 1.05. The second-order valence-corrected chi connectivity index (χ2v) is 6.93. The highest BCUT2D eigenvalue weighted by Crippen LogP contribution is 2.45. The zero-order valence-corrected chi connectivity index (χ0v) is 14.8. The molecular formula is C22H23NO2. The minimum absolute atomic E-state index is 0.161. The molecule has 0 bridgehead atoms. The Hall–Kier alpha value is -2.39. The fraction of sp³-hybridized carbons (Fsp3) is 0.318. The molecule has 0 N–H and O–H groups in total. The molecule has 0 spiro atoms. The number of allylic oxidation sites excluding steroid dienone is 1. The predicted octanol–water partition coefficient (Wildman–Crippen LogP) is 4.15. The van der Waals surface area contributed by atoms with E-state index in [0.717, 1.165) is 30.8 Å². The number of carbonyl (C=O) groups is 1. The molecule has 3 nitrogen and oxygen atoms in total. The Morgan fingerprint density at radius 3 is 2.88 bits per heavy atom. The maximum absolute atomic E-state index is 12.7. The molecule has 25 heavy (non-hydrogen) atoms. The molecule has 2 aromatic carbocycles. The molecule has 1 aliphatic heterocycles. The molecule has 1 heterocycles. The zero-order valence-electron chi connectivity index (χ0n) is 14.8. The van der Waals surface area contributed by atoms with Crippen LogP contribution in [0, 0.1) is 0 Å². The van der Waals surface area contributed by atoms with Crippen LogP contribution in [0.25, 0.3) is 5.57 Å². The average molecular weight is 333 g/mol. The molecule has 2 aromatic rings. The molecular weight excluding hydrogens is 310 g/mol. The van der Waals surface area contributed by atoms with Gasteiger partial charge in [-0.05, 0) is 42.2 Å². The molecule has 1 aliphatic carbocycles. The van der Waals surface area contributed by atoms with E-state index in [9.17, 15) is 4.79 Å². The SMILES string of the molecule is COc1cccc(C(=O)CN2CCC3=C(C)c4ccccc4C3C2)c1. The average Bonchev–Trinajstić information content (AvgIpc) is 2.94. The van der Waals surface area contributed by atoms with Gasteiger partial charge in [0.05, 0.1) is 13.7 Å². The van der Waals surface area contributed by atoms with E-state index in [2.05, 4.69) is 36.1 Å². The summed E-state index contributed by atoms with van der Waals surface area (Å²) in [5.74, 6) is 1.34. The summed E-state index contributed by atoms with van der Waals surface area (Å²) >= 11 is 0. The van der Waals surface area contributed by atoms with Crippen LogP contribution in [0.2, 0.25) is 0 Å². The van der Waals surface area contributed by atoms with Gasteiger partial charge in [0, 0.05) is 24.6 Å². The highest BCUT2D eigenvalue weighted by atomic mass is 16.5. The van der Waals surface area contributed by atoms with Gasteiger partial charge in [-0.1, -0.05) is 42.0 Å². The number of ether oxygens (including phenoxy) is 1. The smallest absolute Gasteiger partial charge is 0.176 e. The Labute approximate surface area is 148 Å². The number of rotatable bonds is 4. The first kappa shape index (κ1) is 16.1. The molecule has 0 amide bonds. The monoisotopic (exact) mass is 333 g/mol. The molecule has 4 rings (SSSR count). The quantitative estimate of drug-likeness (QED) is 0.787. The van der Waals surface area contributed by atoms with Gasteiger partial charge in [0.2, 0.25) is 0 Å². The largest absolute Gasteiger partial charge is 0.497 e. The lowest BCUT2D eigenvalue weighted by atomic mass is 9.89. The molecule has 128 valence electrons. The van der Waals surface area contributed by atoms with Crippen molar-refractivity contribution in [2.75, 3.05) is 26.7 Å². The second-order valence-electron chi connectivity index (χ2n) is 6.93. The Morgan fingerprint density at radius 1 is 1.20 bits per heavy atom. The van der Waals surface area contributed by atoms with Gasteiger partial charge in [-0.2, -0.15) is 0 Å². The van der Waals surface area contributed by atoms with Crippen molar-refractivity contribution in [2.24, 2.45) is 0 Å². The number of methoxy groups -OCH3 is 1. The third kappa shape index (κ3) is 2.89. The van der Waals surface area contributed by atoms with Crippen molar-refractivity contribution < 1.29 is 9.53 Å². The molecule has 2 aliphatic rings. The van der Waals surface area contributed by atoms with Crippen LogP contribution in [0.15, 0.2) is 54.1 Å². The van der Waals surface area contributed by atoms with Crippen LogP contribution in [0.3, 0.4) is 0 Å². The molecule has 0 radical (unpaired) electrons. The van der Waals surface area contributed by atoms with Gasteiger partial charge in [-0.25, -0.2) is 0 Å². The van der Waals surface area contributed by atoms with E-state index < -0.39 is 0 Å². The first-order valence-corrected chi connectivity index (χ1v) is 8.86. The highest BCUT2D eigenvalue weighted by molar-refractivity contribution is 5.98. The lowest BCUT2D eigenvalue weighted by Gasteiger charge is -2.33. The maximum atomic E-state index is 12.7. The van der Waals surface area contributed by atoms with Crippen molar-refractivity contribution in [3.63, 3.8) is 0 Å². The number of ketones is 1. The summed E-state index contributed by atoms with van der Waals surface area (Å²) < 4.78 is 5.23. The van der Waals surface area contributed by atoms with Gasteiger partial charge in [0.25, 0.3) is 0 Å².